The molecule has 1 aliphatic rings. The first-order valence-electron chi connectivity index (χ1n) is 6.22. The Morgan fingerprint density at radius 3 is 2.50 bits per heavy atom. The van der Waals surface area contributed by atoms with Gasteiger partial charge in [-0.15, -0.1) is 0 Å². The Hall–Kier alpha value is -0.860. The van der Waals surface area contributed by atoms with Crippen molar-refractivity contribution in [2.24, 2.45) is 10.9 Å². The van der Waals surface area contributed by atoms with Crippen molar-refractivity contribution in [2.45, 2.75) is 51.0 Å². The van der Waals surface area contributed by atoms with Gasteiger partial charge in [-0.05, 0) is 19.3 Å². The first-order valence-corrected chi connectivity index (χ1v) is 7.70. The van der Waals surface area contributed by atoms with E-state index in [9.17, 15) is 8.42 Å². The minimum Gasteiger partial charge on any atom is -0.409 e. The van der Waals surface area contributed by atoms with E-state index in [1.54, 1.807) is 0 Å². The third-order valence-electron chi connectivity index (χ3n) is 3.18. The molecule has 18 heavy (non-hydrogen) atoms. The molecule has 0 unspecified atom stereocenters. The van der Waals surface area contributed by atoms with Crippen LogP contribution in [-0.4, -0.2) is 31.5 Å². The molecule has 0 aromatic heterocycles. The van der Waals surface area contributed by atoms with E-state index < -0.39 is 15.7 Å². The largest absolute Gasteiger partial charge is 0.409 e. The highest BCUT2D eigenvalue weighted by molar-refractivity contribution is 7.87. The number of hydrogen-bond acceptors (Lipinski definition) is 4. The van der Waals surface area contributed by atoms with E-state index in [0.717, 1.165) is 19.3 Å². The van der Waals surface area contributed by atoms with Crippen molar-refractivity contribution in [1.29, 1.82) is 0 Å². The zero-order valence-electron chi connectivity index (χ0n) is 10.6. The van der Waals surface area contributed by atoms with Crippen molar-refractivity contribution in [3.05, 3.63) is 0 Å². The molecule has 0 radical (unpaired) electrons. The number of oxime groups is 1. The van der Waals surface area contributed by atoms with Crippen LogP contribution in [0.15, 0.2) is 5.16 Å². The summed E-state index contributed by atoms with van der Waals surface area (Å²) in [6, 6.07) is 0. The van der Waals surface area contributed by atoms with Gasteiger partial charge in [-0.2, -0.15) is 13.1 Å². The smallest absolute Gasteiger partial charge is 0.277 e. The molecule has 0 aliphatic heterocycles. The van der Waals surface area contributed by atoms with Crippen LogP contribution in [0.5, 0.6) is 0 Å². The fraction of sp³-hybridized carbons (Fsp3) is 0.900. The number of nitrogens with zero attached hydrogens (tertiary/aromatic N) is 1. The Bertz CT molecular complexity index is 388. The highest BCUT2D eigenvalue weighted by Crippen LogP contribution is 2.29. The summed E-state index contributed by atoms with van der Waals surface area (Å²) >= 11 is 0. The van der Waals surface area contributed by atoms with Crippen molar-refractivity contribution in [1.82, 2.24) is 9.44 Å². The van der Waals surface area contributed by atoms with Crippen LogP contribution in [0.4, 0.5) is 0 Å². The minimum atomic E-state index is -3.63. The molecule has 7 nitrogen and oxygen atoms in total. The molecule has 0 amide bonds. The number of nitrogens with one attached hydrogen (secondary N) is 2. The summed E-state index contributed by atoms with van der Waals surface area (Å²) in [5.41, 5.74) is 4.71. The van der Waals surface area contributed by atoms with Gasteiger partial charge in [-0.1, -0.05) is 31.3 Å². The summed E-state index contributed by atoms with van der Waals surface area (Å²) in [7, 11) is -3.63. The van der Waals surface area contributed by atoms with Gasteiger partial charge in [0.25, 0.3) is 10.2 Å². The molecule has 0 aromatic carbocycles. The highest BCUT2D eigenvalue weighted by atomic mass is 32.2. The number of nitrogens with two attached hydrogens (primary N) is 1. The number of hydrogen-bond donors (Lipinski definition) is 4. The lowest BCUT2D eigenvalue weighted by atomic mass is 9.82. The zero-order chi connectivity index (χ0) is 13.6. The molecule has 106 valence electrons. The molecule has 0 saturated heterocycles. The highest BCUT2D eigenvalue weighted by Gasteiger charge is 2.40. The van der Waals surface area contributed by atoms with Crippen molar-refractivity contribution in [2.75, 3.05) is 6.54 Å². The lowest BCUT2D eigenvalue weighted by molar-refractivity contribution is 0.293. The van der Waals surface area contributed by atoms with Gasteiger partial charge in [0.2, 0.25) is 0 Å². The van der Waals surface area contributed by atoms with Gasteiger partial charge < -0.3 is 10.9 Å². The SMILES string of the molecule is CCCNS(=O)(=O)NC1(C(N)=NO)CCCCC1. The molecule has 0 atom stereocenters. The van der Waals surface area contributed by atoms with E-state index in [4.69, 9.17) is 10.9 Å². The maximum atomic E-state index is 11.9. The second kappa shape index (κ2) is 6.35. The van der Waals surface area contributed by atoms with Gasteiger partial charge >= 0.3 is 0 Å². The molecule has 1 rings (SSSR count). The monoisotopic (exact) mass is 278 g/mol. The van der Waals surface area contributed by atoms with Crippen molar-refractivity contribution in [3.63, 3.8) is 0 Å². The predicted molar refractivity (Wildman–Crippen MR) is 69.6 cm³/mol. The molecule has 0 heterocycles. The second-order valence-electron chi connectivity index (χ2n) is 4.63. The number of rotatable bonds is 6. The van der Waals surface area contributed by atoms with Crippen LogP contribution in [0.3, 0.4) is 0 Å². The van der Waals surface area contributed by atoms with E-state index >= 15 is 0 Å². The number of amidine groups is 1. The van der Waals surface area contributed by atoms with Crippen molar-refractivity contribution >= 4 is 16.0 Å². The van der Waals surface area contributed by atoms with Gasteiger partial charge in [0.1, 0.15) is 0 Å². The third-order valence-corrected chi connectivity index (χ3v) is 4.42. The van der Waals surface area contributed by atoms with E-state index in [0.29, 0.717) is 25.8 Å². The van der Waals surface area contributed by atoms with Crippen LogP contribution in [0.2, 0.25) is 0 Å². The van der Waals surface area contributed by atoms with Crippen LogP contribution in [0.1, 0.15) is 45.4 Å². The Morgan fingerprint density at radius 2 is 2.00 bits per heavy atom. The van der Waals surface area contributed by atoms with E-state index in [1.807, 2.05) is 6.92 Å². The summed E-state index contributed by atoms with van der Waals surface area (Å²) in [5.74, 6) is -0.0657. The Balaban J connectivity index is 2.85. The lowest BCUT2D eigenvalue weighted by Gasteiger charge is -2.36. The molecular formula is C10H22N4O3S. The van der Waals surface area contributed by atoms with Crippen LogP contribution >= 0.6 is 0 Å². The average molecular weight is 278 g/mol. The topological polar surface area (TPSA) is 117 Å². The quantitative estimate of drug-likeness (QED) is 0.241. The maximum Gasteiger partial charge on any atom is 0.277 e. The molecular weight excluding hydrogens is 256 g/mol. The van der Waals surface area contributed by atoms with Crippen molar-refractivity contribution < 1.29 is 13.6 Å². The van der Waals surface area contributed by atoms with Gasteiger partial charge in [0.05, 0.1) is 5.54 Å². The maximum absolute atomic E-state index is 11.9. The Morgan fingerprint density at radius 1 is 1.39 bits per heavy atom. The first kappa shape index (κ1) is 15.2. The zero-order valence-corrected chi connectivity index (χ0v) is 11.5. The molecule has 1 saturated carbocycles. The molecule has 1 aliphatic carbocycles. The van der Waals surface area contributed by atoms with Crippen LogP contribution in [-0.2, 0) is 10.2 Å². The molecule has 0 aromatic rings. The first-order chi connectivity index (χ1) is 8.46. The molecule has 8 heteroatoms. The van der Waals surface area contributed by atoms with E-state index in [-0.39, 0.29) is 5.84 Å². The van der Waals surface area contributed by atoms with Crippen LogP contribution in [0.25, 0.3) is 0 Å². The molecule has 5 N–H and O–H groups in total. The lowest BCUT2D eigenvalue weighted by Crippen LogP contribution is -2.60. The molecule has 0 bridgehead atoms. The summed E-state index contributed by atoms with van der Waals surface area (Å²) in [5, 5.41) is 11.8. The van der Waals surface area contributed by atoms with Crippen molar-refractivity contribution in [3.8, 4) is 0 Å². The van der Waals surface area contributed by atoms with E-state index in [2.05, 4.69) is 14.6 Å². The second-order valence-corrected chi connectivity index (χ2v) is 6.13. The van der Waals surface area contributed by atoms with Gasteiger partial charge in [0, 0.05) is 6.54 Å². The fourth-order valence-electron chi connectivity index (χ4n) is 2.19. The van der Waals surface area contributed by atoms with E-state index in [1.165, 1.54) is 0 Å². The third kappa shape index (κ3) is 3.82. The fourth-order valence-corrected chi connectivity index (χ4v) is 3.56. The minimum absolute atomic E-state index is 0.0657. The predicted octanol–water partition coefficient (Wildman–Crippen LogP) is 0.270. The standard InChI is InChI=1S/C10H22N4O3S/c1-2-8-12-18(16,17)14-10(9(11)13-15)6-4-3-5-7-10/h12,14-15H,2-8H2,1H3,(H2,11,13). The van der Waals surface area contributed by atoms with Gasteiger partial charge in [-0.3, -0.25) is 0 Å². The molecule has 0 spiro atoms. The van der Waals surface area contributed by atoms with Crippen LogP contribution in [0, 0.1) is 0 Å². The van der Waals surface area contributed by atoms with Crippen LogP contribution < -0.4 is 15.2 Å². The van der Waals surface area contributed by atoms with Gasteiger partial charge in [0.15, 0.2) is 5.84 Å². The Kier molecular flexibility index (Phi) is 5.36. The normalized spacial score (nSPS) is 20.8. The summed E-state index contributed by atoms with van der Waals surface area (Å²) in [6.45, 7) is 2.24. The summed E-state index contributed by atoms with van der Waals surface area (Å²) in [6.07, 6.45) is 4.55. The summed E-state index contributed by atoms with van der Waals surface area (Å²) < 4.78 is 28.7. The Labute approximate surface area is 108 Å². The average Bonchev–Trinajstić information content (AvgIpc) is 2.36. The van der Waals surface area contributed by atoms with Gasteiger partial charge in [-0.25, -0.2) is 4.72 Å². The molecule has 1 fully saturated rings. The summed E-state index contributed by atoms with van der Waals surface area (Å²) in [4.78, 5) is 0.